The number of nitro groups is 2. The monoisotopic (exact) mass is 404 g/mol. The van der Waals surface area contributed by atoms with E-state index in [-0.39, 0.29) is 11.4 Å². The van der Waals surface area contributed by atoms with Crippen LogP contribution in [0, 0.1) is 20.2 Å². The molecule has 0 aliphatic heterocycles. The van der Waals surface area contributed by atoms with E-state index in [4.69, 9.17) is 0 Å². The average molecular weight is 404 g/mol. The van der Waals surface area contributed by atoms with Gasteiger partial charge >= 0.3 is 0 Å². The van der Waals surface area contributed by atoms with Gasteiger partial charge in [-0.25, -0.2) is 0 Å². The zero-order chi connectivity index (χ0) is 21.3. The number of rotatable bonds is 8. The zero-order valence-electron chi connectivity index (χ0n) is 15.5. The van der Waals surface area contributed by atoms with Gasteiger partial charge in [-0.1, -0.05) is 48.5 Å². The molecule has 0 radical (unpaired) electrons. The summed E-state index contributed by atoms with van der Waals surface area (Å²) >= 11 is 0. The van der Waals surface area contributed by atoms with Gasteiger partial charge in [-0.2, -0.15) is 10.2 Å². The summed E-state index contributed by atoms with van der Waals surface area (Å²) in [5.74, 6) is 0. The van der Waals surface area contributed by atoms with E-state index in [0.29, 0.717) is 11.4 Å². The maximum atomic E-state index is 11.0. The molecule has 0 unspecified atom stereocenters. The number of nitrogens with zero attached hydrogens (tertiary/aromatic N) is 4. The van der Waals surface area contributed by atoms with Gasteiger partial charge in [0, 0.05) is 12.1 Å². The molecule has 0 bridgehead atoms. The normalized spacial score (nSPS) is 10.9. The molecule has 10 heteroatoms. The molecule has 10 nitrogen and oxygen atoms in total. The van der Waals surface area contributed by atoms with Crippen LogP contribution in [-0.4, -0.2) is 22.3 Å². The number of hydrogen-bond donors (Lipinski definition) is 2. The second-order valence-electron chi connectivity index (χ2n) is 5.96. The smallest absolute Gasteiger partial charge is 0.272 e. The van der Waals surface area contributed by atoms with Crippen LogP contribution in [0.4, 0.5) is 22.7 Å². The molecule has 0 saturated heterocycles. The van der Waals surface area contributed by atoms with Gasteiger partial charge in [0.1, 0.15) is 11.4 Å². The third-order valence-corrected chi connectivity index (χ3v) is 3.94. The summed E-state index contributed by atoms with van der Waals surface area (Å²) in [5, 5.41) is 30.0. The van der Waals surface area contributed by atoms with E-state index in [1.54, 1.807) is 60.7 Å². The van der Waals surface area contributed by atoms with E-state index in [0.717, 1.165) is 11.1 Å². The molecule has 0 spiro atoms. The summed E-state index contributed by atoms with van der Waals surface area (Å²) in [4.78, 5) is 21.0. The van der Waals surface area contributed by atoms with Crippen molar-refractivity contribution >= 4 is 35.2 Å². The molecule has 2 N–H and O–H groups in total. The Kier molecular flexibility index (Phi) is 6.41. The van der Waals surface area contributed by atoms with Crippen molar-refractivity contribution in [2.75, 3.05) is 10.9 Å². The lowest BCUT2D eigenvalue weighted by Gasteiger charge is -2.02. The Morgan fingerprint density at radius 1 is 0.633 bits per heavy atom. The van der Waals surface area contributed by atoms with Crippen LogP contribution in [0.25, 0.3) is 0 Å². The Bertz CT molecular complexity index is 1020. The molecule has 0 aromatic heterocycles. The molecule has 3 aromatic rings. The fraction of sp³-hybridized carbons (Fsp3) is 0. The van der Waals surface area contributed by atoms with E-state index in [9.17, 15) is 20.2 Å². The van der Waals surface area contributed by atoms with Crippen molar-refractivity contribution in [2.45, 2.75) is 0 Å². The first-order valence-corrected chi connectivity index (χ1v) is 8.69. The predicted octanol–water partition coefficient (Wildman–Crippen LogP) is 4.40. The van der Waals surface area contributed by atoms with Crippen molar-refractivity contribution in [3.05, 3.63) is 104 Å². The first kappa shape index (κ1) is 20.1. The van der Waals surface area contributed by atoms with E-state index in [2.05, 4.69) is 21.1 Å². The molecule has 3 rings (SSSR count). The second kappa shape index (κ2) is 9.55. The lowest BCUT2D eigenvalue weighted by atomic mass is 10.2. The fourth-order valence-electron chi connectivity index (χ4n) is 2.48. The molecule has 30 heavy (non-hydrogen) atoms. The SMILES string of the molecule is O=[N+]([O-])c1ccccc1NN=Cc1ccc(C=NNc2ccccc2[N+](=O)[O-])cc1. The lowest BCUT2D eigenvalue weighted by Crippen LogP contribution is -1.97. The topological polar surface area (TPSA) is 135 Å². The molecule has 0 aliphatic carbocycles. The van der Waals surface area contributed by atoms with Crippen molar-refractivity contribution in [3.63, 3.8) is 0 Å². The predicted molar refractivity (Wildman–Crippen MR) is 115 cm³/mol. The lowest BCUT2D eigenvalue weighted by molar-refractivity contribution is -0.384. The summed E-state index contributed by atoms with van der Waals surface area (Å²) in [7, 11) is 0. The highest BCUT2D eigenvalue weighted by molar-refractivity contribution is 5.85. The van der Waals surface area contributed by atoms with Crippen molar-refractivity contribution < 1.29 is 9.85 Å². The van der Waals surface area contributed by atoms with Crippen molar-refractivity contribution in [3.8, 4) is 0 Å². The van der Waals surface area contributed by atoms with Gasteiger partial charge in [-0.05, 0) is 23.3 Å². The van der Waals surface area contributed by atoms with Crippen molar-refractivity contribution in [2.24, 2.45) is 10.2 Å². The minimum Gasteiger partial charge on any atom is -0.272 e. The number of hydrazone groups is 2. The Morgan fingerprint density at radius 2 is 1.00 bits per heavy atom. The van der Waals surface area contributed by atoms with Gasteiger partial charge in [0.05, 0.1) is 22.3 Å². The molecule has 0 amide bonds. The highest BCUT2D eigenvalue weighted by Gasteiger charge is 2.11. The summed E-state index contributed by atoms with van der Waals surface area (Å²) < 4.78 is 0. The number of nitrogens with one attached hydrogen (secondary N) is 2. The standard InChI is InChI=1S/C20H16N6O4/c27-25(28)19-7-3-1-5-17(19)23-21-13-15-9-11-16(12-10-15)14-22-24-18-6-2-4-8-20(18)26(29)30/h1-14,23-24H. The maximum absolute atomic E-state index is 11.0. The molecule has 0 heterocycles. The van der Waals surface area contributed by atoms with E-state index >= 15 is 0 Å². The number of para-hydroxylation sites is 4. The second-order valence-corrected chi connectivity index (χ2v) is 5.96. The molecule has 0 fully saturated rings. The van der Waals surface area contributed by atoms with Gasteiger partial charge in [-0.3, -0.25) is 31.1 Å². The van der Waals surface area contributed by atoms with Crippen LogP contribution >= 0.6 is 0 Å². The summed E-state index contributed by atoms with van der Waals surface area (Å²) in [6.45, 7) is 0. The number of nitro benzene ring substituents is 2. The van der Waals surface area contributed by atoms with Crippen LogP contribution in [0.15, 0.2) is 83.0 Å². The molecule has 3 aromatic carbocycles. The molecular formula is C20H16N6O4. The van der Waals surface area contributed by atoms with E-state index < -0.39 is 9.85 Å². The summed E-state index contributed by atoms with van der Waals surface area (Å²) in [5.41, 5.74) is 7.32. The number of anilines is 2. The first-order valence-electron chi connectivity index (χ1n) is 8.69. The van der Waals surface area contributed by atoms with Gasteiger partial charge < -0.3 is 0 Å². The minimum atomic E-state index is -0.482. The van der Waals surface area contributed by atoms with Crippen LogP contribution in [-0.2, 0) is 0 Å². The fourth-order valence-corrected chi connectivity index (χ4v) is 2.48. The van der Waals surface area contributed by atoms with Gasteiger partial charge in [0.15, 0.2) is 0 Å². The molecule has 150 valence electrons. The molecule has 0 aliphatic rings. The van der Waals surface area contributed by atoms with E-state index in [1.165, 1.54) is 24.6 Å². The van der Waals surface area contributed by atoms with Crippen LogP contribution in [0.3, 0.4) is 0 Å². The number of hydrogen-bond acceptors (Lipinski definition) is 8. The summed E-state index contributed by atoms with van der Waals surface area (Å²) in [6.07, 6.45) is 3.06. The van der Waals surface area contributed by atoms with Crippen molar-refractivity contribution in [1.29, 1.82) is 0 Å². The minimum absolute atomic E-state index is 0.0626. The molecular weight excluding hydrogens is 388 g/mol. The third-order valence-electron chi connectivity index (χ3n) is 3.94. The quantitative estimate of drug-likeness (QED) is 0.325. The average Bonchev–Trinajstić information content (AvgIpc) is 2.75. The van der Waals surface area contributed by atoms with Gasteiger partial charge in [0.25, 0.3) is 11.4 Å². The Morgan fingerprint density at radius 3 is 1.37 bits per heavy atom. The largest absolute Gasteiger partial charge is 0.294 e. The third kappa shape index (κ3) is 5.23. The van der Waals surface area contributed by atoms with Crippen LogP contribution in [0.2, 0.25) is 0 Å². The Labute approximate surface area is 170 Å². The summed E-state index contributed by atoms with van der Waals surface area (Å²) in [6, 6.07) is 19.6. The van der Waals surface area contributed by atoms with Gasteiger partial charge in [-0.15, -0.1) is 0 Å². The highest BCUT2D eigenvalue weighted by atomic mass is 16.6. The van der Waals surface area contributed by atoms with Crippen molar-refractivity contribution in [1.82, 2.24) is 0 Å². The van der Waals surface area contributed by atoms with E-state index in [1.807, 2.05) is 0 Å². The first-order chi connectivity index (χ1) is 14.5. The Hall–Kier alpha value is -4.60. The van der Waals surface area contributed by atoms with Crippen LogP contribution in [0.5, 0.6) is 0 Å². The Balaban J connectivity index is 1.60. The van der Waals surface area contributed by atoms with Crippen LogP contribution < -0.4 is 10.9 Å². The molecule has 0 saturated carbocycles. The van der Waals surface area contributed by atoms with Crippen LogP contribution in [0.1, 0.15) is 11.1 Å². The maximum Gasteiger partial charge on any atom is 0.294 e. The number of benzene rings is 3. The highest BCUT2D eigenvalue weighted by Crippen LogP contribution is 2.23. The zero-order valence-corrected chi connectivity index (χ0v) is 15.5. The van der Waals surface area contributed by atoms with Gasteiger partial charge in [0.2, 0.25) is 0 Å². The molecule has 0 atom stereocenters.